The van der Waals surface area contributed by atoms with Crippen LogP contribution in [0.5, 0.6) is 0 Å². The van der Waals surface area contributed by atoms with Crippen LogP contribution in [0.3, 0.4) is 0 Å². The van der Waals surface area contributed by atoms with Crippen molar-refractivity contribution in [1.82, 2.24) is 0 Å². The molecule has 0 aromatic rings. The van der Waals surface area contributed by atoms with Gasteiger partial charge in [-0.05, 0) is 0 Å². The van der Waals surface area contributed by atoms with Gasteiger partial charge in [-0.3, -0.25) is 4.79 Å². The van der Waals surface area contributed by atoms with Crippen LogP contribution >= 0.6 is 15.9 Å². The largest absolute Gasteiger partial charge is 0.468 e. The Balaban J connectivity index is 4.08. The highest BCUT2D eigenvalue weighted by Crippen LogP contribution is 2.26. The molecule has 10 heavy (non-hydrogen) atoms. The first-order valence-corrected chi connectivity index (χ1v) is 3.09. The zero-order valence-electron chi connectivity index (χ0n) is 4.91. The molecule has 0 aromatic carbocycles. The number of hydrogen-bond donors (Lipinski definition) is 0. The van der Waals surface area contributed by atoms with E-state index in [9.17, 15) is 18.0 Å². The predicted octanol–water partition coefficient (Wildman–Crippen LogP) is 1.49. The monoisotopic (exact) mass is 220 g/mol. The van der Waals surface area contributed by atoms with E-state index in [1.54, 1.807) is 0 Å². The molecule has 0 aliphatic heterocycles. The molecule has 0 rings (SSSR count). The Labute approximate surface area is 63.5 Å². The quantitative estimate of drug-likeness (QED) is 0.495. The minimum atomic E-state index is -4.58. The summed E-state index contributed by atoms with van der Waals surface area (Å²) in [7, 11) is 0.891. The van der Waals surface area contributed by atoms with E-state index in [-0.39, 0.29) is 0 Å². The zero-order chi connectivity index (χ0) is 8.36. The summed E-state index contributed by atoms with van der Waals surface area (Å²) in [4.78, 5) is 7.95. The van der Waals surface area contributed by atoms with Crippen molar-refractivity contribution in [3.63, 3.8) is 0 Å². The molecule has 0 N–H and O–H groups in total. The third-order valence-electron chi connectivity index (χ3n) is 0.696. The van der Waals surface area contributed by atoms with Gasteiger partial charge < -0.3 is 4.74 Å². The van der Waals surface area contributed by atoms with Gasteiger partial charge in [-0.1, -0.05) is 15.9 Å². The number of esters is 1. The molecule has 0 heterocycles. The van der Waals surface area contributed by atoms with Gasteiger partial charge in [0.2, 0.25) is 4.83 Å². The van der Waals surface area contributed by atoms with E-state index in [4.69, 9.17) is 0 Å². The summed E-state index contributed by atoms with van der Waals surface area (Å²) in [6, 6.07) is 0. The summed E-state index contributed by atoms with van der Waals surface area (Å²) >= 11 is 2.12. The minimum Gasteiger partial charge on any atom is -0.468 e. The van der Waals surface area contributed by atoms with Gasteiger partial charge in [-0.2, -0.15) is 13.2 Å². The van der Waals surface area contributed by atoms with Crippen LogP contribution in [0.1, 0.15) is 0 Å². The molecule has 60 valence electrons. The van der Waals surface area contributed by atoms with E-state index in [2.05, 4.69) is 20.7 Å². The lowest BCUT2D eigenvalue weighted by Crippen LogP contribution is -2.31. The lowest BCUT2D eigenvalue weighted by atomic mass is 10.4. The van der Waals surface area contributed by atoms with Crippen molar-refractivity contribution in [3.05, 3.63) is 0 Å². The van der Waals surface area contributed by atoms with Gasteiger partial charge in [-0.15, -0.1) is 0 Å². The van der Waals surface area contributed by atoms with Crippen LogP contribution < -0.4 is 0 Å². The standard InChI is InChI=1S/C4H4BrF3O2/c1-10-3(9)2(5)4(6,7)8/h2H,1H3/t2-/m0/s1. The number of halogens is 4. The molecular weight excluding hydrogens is 217 g/mol. The van der Waals surface area contributed by atoms with E-state index in [1.807, 2.05) is 0 Å². The van der Waals surface area contributed by atoms with Crippen LogP contribution in [-0.4, -0.2) is 24.1 Å². The van der Waals surface area contributed by atoms with Gasteiger partial charge in [0.25, 0.3) is 0 Å². The molecule has 0 saturated carbocycles. The fraction of sp³-hybridized carbons (Fsp3) is 0.750. The predicted molar refractivity (Wildman–Crippen MR) is 30.8 cm³/mol. The first-order chi connectivity index (χ1) is 4.39. The molecule has 0 spiro atoms. The Morgan fingerprint density at radius 2 is 2.00 bits per heavy atom. The molecule has 0 bridgehead atoms. The highest BCUT2D eigenvalue weighted by atomic mass is 79.9. The highest BCUT2D eigenvalue weighted by Gasteiger charge is 2.43. The second-order valence-corrected chi connectivity index (χ2v) is 2.34. The first-order valence-electron chi connectivity index (χ1n) is 2.18. The Hall–Kier alpha value is -0.260. The fourth-order valence-corrected chi connectivity index (χ4v) is 0.424. The summed E-state index contributed by atoms with van der Waals surface area (Å²) < 4.78 is 38.4. The van der Waals surface area contributed by atoms with Gasteiger partial charge in [-0.25, -0.2) is 0 Å². The summed E-state index contributed by atoms with van der Waals surface area (Å²) in [5.74, 6) is -1.34. The Bertz CT molecular complexity index is 133. The third-order valence-corrected chi connectivity index (χ3v) is 1.59. The maximum atomic E-state index is 11.5. The van der Waals surface area contributed by atoms with Crippen molar-refractivity contribution in [2.45, 2.75) is 11.0 Å². The minimum absolute atomic E-state index is 0.891. The lowest BCUT2D eigenvalue weighted by molar-refractivity contribution is -0.164. The molecule has 1 atom stereocenters. The zero-order valence-corrected chi connectivity index (χ0v) is 6.49. The fourth-order valence-electron chi connectivity index (χ4n) is 0.237. The van der Waals surface area contributed by atoms with Crippen LogP contribution in [0.15, 0.2) is 0 Å². The number of alkyl halides is 4. The second-order valence-electron chi connectivity index (χ2n) is 1.43. The smallest absolute Gasteiger partial charge is 0.411 e. The summed E-state index contributed by atoms with van der Waals surface area (Å²) in [5, 5.41) is 0. The molecule has 2 nitrogen and oxygen atoms in total. The lowest BCUT2D eigenvalue weighted by Gasteiger charge is -2.10. The molecule has 0 unspecified atom stereocenters. The summed E-state index contributed by atoms with van der Waals surface area (Å²) in [6.45, 7) is 0. The first kappa shape index (κ1) is 9.74. The van der Waals surface area contributed by atoms with E-state index < -0.39 is 17.0 Å². The van der Waals surface area contributed by atoms with Crippen LogP contribution in [0.2, 0.25) is 0 Å². The molecule has 0 aliphatic rings. The summed E-state index contributed by atoms with van der Waals surface area (Å²) in [5.41, 5.74) is 0. The topological polar surface area (TPSA) is 26.3 Å². The van der Waals surface area contributed by atoms with Gasteiger partial charge in [0.05, 0.1) is 7.11 Å². The van der Waals surface area contributed by atoms with Crippen molar-refractivity contribution < 1.29 is 22.7 Å². The third kappa shape index (κ3) is 2.55. The normalized spacial score (nSPS) is 14.5. The Morgan fingerprint density at radius 1 is 1.60 bits per heavy atom. The number of methoxy groups -OCH3 is 1. The van der Waals surface area contributed by atoms with E-state index in [1.165, 1.54) is 0 Å². The Morgan fingerprint density at radius 3 is 2.10 bits per heavy atom. The van der Waals surface area contributed by atoms with Gasteiger partial charge >= 0.3 is 12.1 Å². The van der Waals surface area contributed by atoms with Crippen molar-refractivity contribution in [2.24, 2.45) is 0 Å². The second kappa shape index (κ2) is 3.23. The average molecular weight is 221 g/mol. The molecule has 0 fully saturated rings. The maximum Gasteiger partial charge on any atom is 0.411 e. The van der Waals surface area contributed by atoms with Crippen LogP contribution in [0.4, 0.5) is 13.2 Å². The van der Waals surface area contributed by atoms with E-state index in [0.717, 1.165) is 7.11 Å². The number of carbonyl (C=O) groups excluding carboxylic acids is 1. The van der Waals surface area contributed by atoms with Crippen LogP contribution in [-0.2, 0) is 9.53 Å². The number of carbonyl (C=O) groups is 1. The molecule has 0 radical (unpaired) electrons. The molecule has 6 heteroatoms. The number of rotatable bonds is 1. The molecule has 0 amide bonds. The highest BCUT2D eigenvalue weighted by molar-refractivity contribution is 9.10. The van der Waals surface area contributed by atoms with Crippen molar-refractivity contribution in [1.29, 1.82) is 0 Å². The maximum absolute atomic E-state index is 11.5. The van der Waals surface area contributed by atoms with Crippen molar-refractivity contribution in [3.8, 4) is 0 Å². The molecule has 0 saturated heterocycles. The summed E-state index contributed by atoms with van der Waals surface area (Å²) in [6.07, 6.45) is -4.58. The van der Waals surface area contributed by atoms with Crippen LogP contribution in [0.25, 0.3) is 0 Å². The number of ether oxygens (including phenoxy) is 1. The van der Waals surface area contributed by atoms with Gasteiger partial charge in [0.1, 0.15) is 0 Å². The van der Waals surface area contributed by atoms with Gasteiger partial charge in [0, 0.05) is 0 Å². The van der Waals surface area contributed by atoms with E-state index >= 15 is 0 Å². The number of hydrogen-bond acceptors (Lipinski definition) is 2. The van der Waals surface area contributed by atoms with Gasteiger partial charge in [0.15, 0.2) is 0 Å². The van der Waals surface area contributed by atoms with Crippen LogP contribution in [0, 0.1) is 0 Å². The molecule has 0 aliphatic carbocycles. The average Bonchev–Trinajstić information content (AvgIpc) is 1.83. The molecule has 0 aromatic heterocycles. The Kier molecular flexibility index (Phi) is 3.14. The van der Waals surface area contributed by atoms with Crippen molar-refractivity contribution in [2.75, 3.05) is 7.11 Å². The molecular formula is C4H4BrF3O2. The van der Waals surface area contributed by atoms with E-state index in [0.29, 0.717) is 0 Å². The SMILES string of the molecule is COC(=O)[C@H](Br)C(F)(F)F. The van der Waals surface area contributed by atoms with Crippen molar-refractivity contribution >= 4 is 21.9 Å².